The molecule has 1 aromatic carbocycles. The molecule has 4 nitrogen and oxygen atoms in total. The van der Waals surface area contributed by atoms with Crippen molar-refractivity contribution in [2.75, 3.05) is 26.8 Å². The number of ether oxygens (including phenoxy) is 1. The number of aliphatic hydroxyl groups excluding tert-OH is 1. The average Bonchev–Trinajstić information content (AvgIpc) is 3.38. The lowest BCUT2D eigenvalue weighted by atomic mass is 9.76. The second-order valence-electron chi connectivity index (χ2n) is 6.99. The monoisotopic (exact) mass is 337 g/mol. The number of likely N-dealkylation sites (tertiary alicyclic amines) is 1. The van der Waals surface area contributed by atoms with Gasteiger partial charge < -0.3 is 14.7 Å². The summed E-state index contributed by atoms with van der Waals surface area (Å²) in [7, 11) is 1.56. The second kappa shape index (κ2) is 6.70. The summed E-state index contributed by atoms with van der Waals surface area (Å²) in [4.78, 5) is 14.7. The van der Waals surface area contributed by atoms with Gasteiger partial charge in [0.1, 0.15) is 5.75 Å². The first-order chi connectivity index (χ1) is 11.1. The number of carbonyl (C=O) groups excluding carboxylic acids is 1. The standard InChI is InChI=1S/C18H24ClNO3/c1-23-16-6-5-14(9-15(16)19)17(22)20-8-2-7-18(11-20,12-21)10-13-3-4-13/h5-6,9,13,21H,2-4,7-8,10-12H2,1H3. The molecule has 1 heterocycles. The molecule has 0 bridgehead atoms. The summed E-state index contributed by atoms with van der Waals surface area (Å²) < 4.78 is 5.14. The third-order valence-electron chi connectivity index (χ3n) is 5.10. The van der Waals surface area contributed by atoms with Crippen molar-refractivity contribution in [1.29, 1.82) is 0 Å². The van der Waals surface area contributed by atoms with Crippen LogP contribution in [0.5, 0.6) is 5.75 Å². The van der Waals surface area contributed by atoms with Crippen molar-refractivity contribution in [3.8, 4) is 5.75 Å². The van der Waals surface area contributed by atoms with Crippen molar-refractivity contribution in [2.45, 2.75) is 32.1 Å². The number of carbonyl (C=O) groups is 1. The number of nitrogens with zero attached hydrogens (tertiary/aromatic N) is 1. The van der Waals surface area contributed by atoms with Gasteiger partial charge in [0.15, 0.2) is 0 Å². The first kappa shape index (κ1) is 16.6. The largest absolute Gasteiger partial charge is 0.495 e. The molecular formula is C18H24ClNO3. The summed E-state index contributed by atoms with van der Waals surface area (Å²) in [5.41, 5.74) is 0.460. The zero-order valence-corrected chi connectivity index (χ0v) is 14.3. The highest BCUT2D eigenvalue weighted by atomic mass is 35.5. The number of halogens is 1. The van der Waals surface area contributed by atoms with Gasteiger partial charge in [-0.25, -0.2) is 0 Å². The number of rotatable bonds is 5. The van der Waals surface area contributed by atoms with Crippen LogP contribution in [-0.2, 0) is 0 Å². The zero-order valence-electron chi connectivity index (χ0n) is 13.6. The molecule has 0 radical (unpaired) electrons. The van der Waals surface area contributed by atoms with Crippen LogP contribution >= 0.6 is 11.6 Å². The Morgan fingerprint density at radius 1 is 1.48 bits per heavy atom. The number of amides is 1. The van der Waals surface area contributed by atoms with E-state index in [1.54, 1.807) is 25.3 Å². The molecule has 1 saturated carbocycles. The van der Waals surface area contributed by atoms with E-state index in [0.717, 1.165) is 31.7 Å². The SMILES string of the molecule is COc1ccc(C(=O)N2CCCC(CO)(CC3CC3)C2)cc1Cl. The number of methoxy groups -OCH3 is 1. The zero-order chi connectivity index (χ0) is 16.4. The van der Waals surface area contributed by atoms with Gasteiger partial charge in [0.25, 0.3) is 5.91 Å². The number of hydrogen-bond donors (Lipinski definition) is 1. The summed E-state index contributed by atoms with van der Waals surface area (Å²) >= 11 is 6.14. The van der Waals surface area contributed by atoms with Crippen molar-refractivity contribution in [3.63, 3.8) is 0 Å². The maximum Gasteiger partial charge on any atom is 0.253 e. The fraction of sp³-hybridized carbons (Fsp3) is 0.611. The Labute approximate surface area is 142 Å². The molecule has 1 unspecified atom stereocenters. The third-order valence-corrected chi connectivity index (χ3v) is 5.40. The van der Waals surface area contributed by atoms with E-state index in [2.05, 4.69) is 0 Å². The van der Waals surface area contributed by atoms with Gasteiger partial charge in [-0.3, -0.25) is 4.79 Å². The lowest BCUT2D eigenvalue weighted by Gasteiger charge is -2.42. The topological polar surface area (TPSA) is 49.8 Å². The van der Waals surface area contributed by atoms with Crippen molar-refractivity contribution in [3.05, 3.63) is 28.8 Å². The molecule has 1 aliphatic carbocycles. The number of hydrogen-bond acceptors (Lipinski definition) is 3. The fourth-order valence-electron chi connectivity index (χ4n) is 3.66. The molecule has 0 spiro atoms. The highest BCUT2D eigenvalue weighted by Crippen LogP contribution is 2.44. The van der Waals surface area contributed by atoms with E-state index in [0.29, 0.717) is 22.9 Å². The molecule has 126 valence electrons. The van der Waals surface area contributed by atoms with E-state index in [4.69, 9.17) is 16.3 Å². The normalized spacial score (nSPS) is 24.6. The average molecular weight is 338 g/mol. The lowest BCUT2D eigenvalue weighted by Crippen LogP contribution is -2.48. The minimum Gasteiger partial charge on any atom is -0.495 e. The molecule has 2 aliphatic rings. The van der Waals surface area contributed by atoms with E-state index >= 15 is 0 Å². The van der Waals surface area contributed by atoms with Crippen LogP contribution in [0.2, 0.25) is 5.02 Å². The van der Waals surface area contributed by atoms with E-state index in [-0.39, 0.29) is 17.9 Å². The molecule has 1 N–H and O–H groups in total. The summed E-state index contributed by atoms with van der Waals surface area (Å²) in [6.07, 6.45) is 5.53. The van der Waals surface area contributed by atoms with Crippen molar-refractivity contribution in [2.24, 2.45) is 11.3 Å². The molecule has 23 heavy (non-hydrogen) atoms. The van der Waals surface area contributed by atoms with Gasteiger partial charge in [0, 0.05) is 24.1 Å². The predicted octanol–water partition coefficient (Wildman–Crippen LogP) is 3.36. The smallest absolute Gasteiger partial charge is 0.253 e. The van der Waals surface area contributed by atoms with Gasteiger partial charge in [-0.1, -0.05) is 24.4 Å². The molecule has 3 rings (SSSR count). The minimum atomic E-state index is -0.120. The van der Waals surface area contributed by atoms with Crippen LogP contribution in [0.4, 0.5) is 0 Å². The van der Waals surface area contributed by atoms with Crippen LogP contribution in [-0.4, -0.2) is 42.7 Å². The van der Waals surface area contributed by atoms with Crippen LogP contribution in [0.15, 0.2) is 18.2 Å². The summed E-state index contributed by atoms with van der Waals surface area (Å²) in [6.45, 7) is 1.55. The molecule has 1 aromatic rings. The van der Waals surface area contributed by atoms with E-state index < -0.39 is 0 Å². The van der Waals surface area contributed by atoms with Crippen molar-refractivity contribution < 1.29 is 14.6 Å². The van der Waals surface area contributed by atoms with Crippen LogP contribution < -0.4 is 4.74 Å². The third kappa shape index (κ3) is 3.64. The molecule has 1 aliphatic heterocycles. The van der Waals surface area contributed by atoms with Crippen molar-refractivity contribution >= 4 is 17.5 Å². The molecule has 0 aromatic heterocycles. The molecule has 5 heteroatoms. The van der Waals surface area contributed by atoms with Crippen LogP contribution in [0, 0.1) is 11.3 Å². The van der Waals surface area contributed by atoms with E-state index in [9.17, 15) is 9.90 Å². The van der Waals surface area contributed by atoms with Gasteiger partial charge >= 0.3 is 0 Å². The van der Waals surface area contributed by atoms with Gasteiger partial charge in [-0.2, -0.15) is 0 Å². The fourth-order valence-corrected chi connectivity index (χ4v) is 3.92. The maximum atomic E-state index is 12.8. The Kier molecular flexibility index (Phi) is 4.83. The second-order valence-corrected chi connectivity index (χ2v) is 7.39. The Bertz CT molecular complexity index is 588. The molecule has 1 atom stereocenters. The summed E-state index contributed by atoms with van der Waals surface area (Å²) in [6, 6.07) is 5.14. The van der Waals surface area contributed by atoms with Crippen molar-refractivity contribution in [1.82, 2.24) is 4.90 Å². The number of piperidine rings is 1. The van der Waals surface area contributed by atoms with Crippen LogP contribution in [0.25, 0.3) is 0 Å². The minimum absolute atomic E-state index is 0.0112. The van der Waals surface area contributed by atoms with E-state index in [1.165, 1.54) is 12.8 Å². The number of aliphatic hydroxyl groups is 1. The van der Waals surface area contributed by atoms with Crippen LogP contribution in [0.1, 0.15) is 42.5 Å². The highest BCUT2D eigenvalue weighted by Gasteiger charge is 2.41. The van der Waals surface area contributed by atoms with E-state index in [1.807, 2.05) is 4.90 Å². The van der Waals surface area contributed by atoms with Gasteiger partial charge in [0.2, 0.25) is 0 Å². The Hall–Kier alpha value is -1.26. The first-order valence-electron chi connectivity index (χ1n) is 8.30. The highest BCUT2D eigenvalue weighted by molar-refractivity contribution is 6.32. The molecule has 2 fully saturated rings. The predicted molar refractivity (Wildman–Crippen MR) is 90.0 cm³/mol. The van der Waals surface area contributed by atoms with Crippen LogP contribution in [0.3, 0.4) is 0 Å². The first-order valence-corrected chi connectivity index (χ1v) is 8.68. The summed E-state index contributed by atoms with van der Waals surface area (Å²) in [5, 5.41) is 10.4. The molecular weight excluding hydrogens is 314 g/mol. The number of benzene rings is 1. The lowest BCUT2D eigenvalue weighted by molar-refractivity contribution is 0.0196. The summed E-state index contributed by atoms with van der Waals surface area (Å²) in [5.74, 6) is 1.30. The molecule has 1 amide bonds. The Morgan fingerprint density at radius 2 is 2.26 bits per heavy atom. The quantitative estimate of drug-likeness (QED) is 0.896. The van der Waals surface area contributed by atoms with Gasteiger partial charge in [-0.15, -0.1) is 0 Å². The molecule has 1 saturated heterocycles. The van der Waals surface area contributed by atoms with Gasteiger partial charge in [0.05, 0.1) is 18.7 Å². The Morgan fingerprint density at radius 3 is 2.87 bits per heavy atom. The van der Waals surface area contributed by atoms with Gasteiger partial charge in [-0.05, 0) is 43.4 Å². The Balaban J connectivity index is 1.74. The maximum absolute atomic E-state index is 12.8.